The highest BCUT2D eigenvalue weighted by Crippen LogP contribution is 2.45. The normalized spacial score (nSPS) is 12.6. The molecule has 1 aromatic heterocycles. The molecule has 0 atom stereocenters. The lowest BCUT2D eigenvalue weighted by molar-refractivity contribution is 0.297. The molecule has 1 aliphatic rings. The van der Waals surface area contributed by atoms with Gasteiger partial charge in [-0.3, -0.25) is 0 Å². The van der Waals surface area contributed by atoms with E-state index in [9.17, 15) is 10.2 Å². The van der Waals surface area contributed by atoms with Crippen molar-refractivity contribution in [3.8, 4) is 34.3 Å². The Labute approximate surface area is 120 Å². The molecule has 0 bridgehead atoms. The van der Waals surface area contributed by atoms with Crippen LogP contribution >= 0.6 is 0 Å². The lowest BCUT2D eigenvalue weighted by atomic mass is 10.0. The Morgan fingerprint density at radius 2 is 1.90 bits per heavy atom. The molecule has 0 radical (unpaired) electrons. The quantitative estimate of drug-likeness (QED) is 0.670. The second-order valence-electron chi connectivity index (χ2n) is 4.90. The van der Waals surface area contributed by atoms with E-state index in [-0.39, 0.29) is 11.5 Å². The van der Waals surface area contributed by atoms with Crippen molar-refractivity contribution in [3.05, 3.63) is 35.9 Å². The van der Waals surface area contributed by atoms with E-state index in [1.165, 1.54) is 12.1 Å². The Morgan fingerprint density at radius 3 is 2.71 bits per heavy atom. The van der Waals surface area contributed by atoms with Crippen molar-refractivity contribution in [2.24, 2.45) is 0 Å². The lowest BCUT2D eigenvalue weighted by Gasteiger charge is -2.17. The predicted octanol–water partition coefficient (Wildman–Crippen LogP) is 3.41. The van der Waals surface area contributed by atoms with Crippen LogP contribution < -0.4 is 9.47 Å². The number of aromatic hydroxyl groups is 2. The fourth-order valence-corrected chi connectivity index (χ4v) is 2.62. The van der Waals surface area contributed by atoms with Crippen LogP contribution in [0.25, 0.3) is 22.3 Å². The van der Waals surface area contributed by atoms with Crippen LogP contribution in [0.1, 0.15) is 5.56 Å². The number of hydrogen-bond acceptors (Lipinski definition) is 5. The van der Waals surface area contributed by atoms with Gasteiger partial charge in [-0.2, -0.15) is 0 Å². The monoisotopic (exact) mass is 284 g/mol. The summed E-state index contributed by atoms with van der Waals surface area (Å²) in [6.45, 7) is 0.340. The third kappa shape index (κ3) is 1.64. The summed E-state index contributed by atoms with van der Waals surface area (Å²) in [5.41, 5.74) is 2.20. The van der Waals surface area contributed by atoms with Gasteiger partial charge in [-0.05, 0) is 18.2 Å². The van der Waals surface area contributed by atoms with E-state index >= 15 is 0 Å². The van der Waals surface area contributed by atoms with Crippen LogP contribution in [-0.2, 0) is 6.61 Å². The SMILES string of the molecule is COc1ccc2c(c1)OCc1c-2oc2cc(O)c(O)cc12. The average Bonchev–Trinajstić information content (AvgIpc) is 2.85. The second-order valence-corrected chi connectivity index (χ2v) is 4.90. The molecule has 2 heterocycles. The average molecular weight is 284 g/mol. The second kappa shape index (κ2) is 4.09. The minimum atomic E-state index is -0.204. The summed E-state index contributed by atoms with van der Waals surface area (Å²) < 4.78 is 16.8. The number of ether oxygens (including phenoxy) is 2. The fraction of sp³-hybridized carbons (Fsp3) is 0.125. The lowest BCUT2D eigenvalue weighted by Crippen LogP contribution is -2.03. The molecule has 0 amide bonds. The van der Waals surface area contributed by atoms with Gasteiger partial charge < -0.3 is 24.1 Å². The molecule has 4 rings (SSSR count). The van der Waals surface area contributed by atoms with Crippen LogP contribution in [0.2, 0.25) is 0 Å². The molecule has 2 aromatic carbocycles. The molecule has 0 aliphatic carbocycles. The molecule has 5 heteroatoms. The summed E-state index contributed by atoms with van der Waals surface area (Å²) in [6, 6.07) is 8.41. The minimum absolute atomic E-state index is 0.174. The molecule has 3 aromatic rings. The van der Waals surface area contributed by atoms with Crippen molar-refractivity contribution < 1.29 is 24.1 Å². The molecule has 0 spiro atoms. The summed E-state index contributed by atoms with van der Waals surface area (Å²) in [5, 5.41) is 20.0. The van der Waals surface area contributed by atoms with E-state index in [1.807, 2.05) is 12.1 Å². The molecule has 21 heavy (non-hydrogen) atoms. The number of benzene rings is 2. The summed E-state index contributed by atoms with van der Waals surface area (Å²) in [6.07, 6.45) is 0. The van der Waals surface area contributed by atoms with Crippen LogP contribution in [0, 0.1) is 0 Å². The predicted molar refractivity (Wildman–Crippen MR) is 75.9 cm³/mol. The molecule has 1 aliphatic heterocycles. The van der Waals surface area contributed by atoms with Crippen LogP contribution in [0.4, 0.5) is 0 Å². The molecule has 0 saturated carbocycles. The van der Waals surface area contributed by atoms with Crippen molar-refractivity contribution >= 4 is 11.0 Å². The fourth-order valence-electron chi connectivity index (χ4n) is 2.62. The Hall–Kier alpha value is -2.82. The standard InChI is InChI=1S/C16H12O5/c1-19-8-2-3-9-14(4-8)20-7-11-10-5-12(17)13(18)6-15(10)21-16(9)11/h2-6,17-18H,7H2,1H3. The van der Waals surface area contributed by atoms with Gasteiger partial charge in [0.05, 0.1) is 12.7 Å². The van der Waals surface area contributed by atoms with Gasteiger partial charge in [0.2, 0.25) is 0 Å². The van der Waals surface area contributed by atoms with Gasteiger partial charge in [0.25, 0.3) is 0 Å². The Balaban J connectivity index is 1.98. The number of fused-ring (bicyclic) bond motifs is 5. The third-order valence-corrected chi connectivity index (χ3v) is 3.69. The molecule has 0 saturated heterocycles. The van der Waals surface area contributed by atoms with Crippen molar-refractivity contribution in [1.82, 2.24) is 0 Å². The maximum atomic E-state index is 9.65. The van der Waals surface area contributed by atoms with E-state index in [1.54, 1.807) is 13.2 Å². The highest BCUT2D eigenvalue weighted by atomic mass is 16.5. The first-order valence-corrected chi connectivity index (χ1v) is 6.46. The van der Waals surface area contributed by atoms with Gasteiger partial charge >= 0.3 is 0 Å². The molecule has 0 unspecified atom stereocenters. The topological polar surface area (TPSA) is 72.1 Å². The van der Waals surface area contributed by atoms with Crippen molar-refractivity contribution in [2.75, 3.05) is 7.11 Å². The molecular weight excluding hydrogens is 272 g/mol. The van der Waals surface area contributed by atoms with Crippen molar-refractivity contribution in [3.63, 3.8) is 0 Å². The molecule has 5 nitrogen and oxygen atoms in total. The van der Waals surface area contributed by atoms with E-state index in [0.29, 0.717) is 29.4 Å². The van der Waals surface area contributed by atoms with Crippen molar-refractivity contribution in [2.45, 2.75) is 6.61 Å². The van der Waals surface area contributed by atoms with E-state index in [0.717, 1.165) is 16.5 Å². The van der Waals surface area contributed by atoms with Crippen LogP contribution in [0.3, 0.4) is 0 Å². The maximum absolute atomic E-state index is 9.65. The number of furan rings is 1. The van der Waals surface area contributed by atoms with Gasteiger partial charge in [0.15, 0.2) is 11.5 Å². The Bertz CT molecular complexity index is 863. The van der Waals surface area contributed by atoms with Crippen molar-refractivity contribution in [1.29, 1.82) is 0 Å². The summed E-state index contributed by atoms with van der Waals surface area (Å²) in [4.78, 5) is 0. The van der Waals surface area contributed by atoms with Gasteiger partial charge in [-0.1, -0.05) is 0 Å². The minimum Gasteiger partial charge on any atom is -0.504 e. The summed E-state index contributed by atoms with van der Waals surface area (Å²) in [7, 11) is 1.60. The number of methoxy groups -OCH3 is 1. The highest BCUT2D eigenvalue weighted by Gasteiger charge is 2.25. The van der Waals surface area contributed by atoms with Crippen LogP contribution in [0.5, 0.6) is 23.0 Å². The van der Waals surface area contributed by atoms with E-state index in [2.05, 4.69) is 0 Å². The Morgan fingerprint density at radius 1 is 1.10 bits per heavy atom. The first-order valence-electron chi connectivity index (χ1n) is 6.46. The van der Waals surface area contributed by atoms with Gasteiger partial charge in [-0.15, -0.1) is 0 Å². The Kier molecular flexibility index (Phi) is 2.33. The molecule has 2 N–H and O–H groups in total. The number of rotatable bonds is 1. The van der Waals surface area contributed by atoms with E-state index in [4.69, 9.17) is 13.9 Å². The zero-order valence-corrected chi connectivity index (χ0v) is 11.2. The van der Waals surface area contributed by atoms with Crippen LogP contribution in [0.15, 0.2) is 34.7 Å². The third-order valence-electron chi connectivity index (χ3n) is 3.69. The number of phenolic OH excluding ortho intramolecular Hbond substituents is 2. The van der Waals surface area contributed by atoms with Crippen LogP contribution in [-0.4, -0.2) is 17.3 Å². The first-order chi connectivity index (χ1) is 10.2. The number of phenols is 2. The van der Waals surface area contributed by atoms with E-state index < -0.39 is 0 Å². The largest absolute Gasteiger partial charge is 0.504 e. The highest BCUT2D eigenvalue weighted by molar-refractivity contribution is 5.92. The first kappa shape index (κ1) is 12.0. The zero-order chi connectivity index (χ0) is 14.6. The van der Waals surface area contributed by atoms with Gasteiger partial charge in [0.1, 0.15) is 29.4 Å². The summed E-state index contributed by atoms with van der Waals surface area (Å²) >= 11 is 0. The van der Waals surface area contributed by atoms with Gasteiger partial charge in [0, 0.05) is 23.1 Å². The number of hydrogen-bond donors (Lipinski definition) is 2. The molecular formula is C16H12O5. The molecule has 106 valence electrons. The smallest absolute Gasteiger partial charge is 0.161 e. The zero-order valence-electron chi connectivity index (χ0n) is 11.2. The molecule has 0 fully saturated rings. The summed E-state index contributed by atoms with van der Waals surface area (Å²) in [5.74, 6) is 1.72. The van der Waals surface area contributed by atoms with Gasteiger partial charge in [-0.25, -0.2) is 0 Å². The maximum Gasteiger partial charge on any atom is 0.161 e.